The molecule has 0 aromatic heterocycles. The zero-order valence-corrected chi connectivity index (χ0v) is 26.6. The first-order chi connectivity index (χ1) is 19.1. The van der Waals surface area contributed by atoms with Crippen LogP contribution < -0.4 is 5.73 Å². The standard InChI is InChI=1S/C30H58N2O9/c1-9-14-35-20-25(33)23-38-18-19-39-28(4,5)12-17-40-30(8,32)27(2,3)24-41-29(6,7)11-16-37-22-26(34)21-36-15-10-13-31/h9,25-26,33-34H,1,10-12,14-24,32H2,2-8H3. The van der Waals surface area contributed by atoms with Gasteiger partial charge in [0.15, 0.2) is 0 Å². The molecule has 3 unspecified atom stereocenters. The Labute approximate surface area is 248 Å². The Balaban J connectivity index is 4.31. The van der Waals surface area contributed by atoms with Crippen LogP contribution in [0, 0.1) is 16.7 Å². The summed E-state index contributed by atoms with van der Waals surface area (Å²) in [6.07, 6.45) is 1.77. The van der Waals surface area contributed by atoms with Gasteiger partial charge >= 0.3 is 0 Å². The monoisotopic (exact) mass is 590 g/mol. The molecule has 0 spiro atoms. The topological polar surface area (TPSA) is 155 Å². The van der Waals surface area contributed by atoms with E-state index in [-0.39, 0.29) is 26.4 Å². The highest BCUT2D eigenvalue weighted by atomic mass is 16.6. The largest absolute Gasteiger partial charge is 0.388 e. The lowest BCUT2D eigenvalue weighted by Crippen LogP contribution is -2.55. The maximum absolute atomic E-state index is 9.89. The van der Waals surface area contributed by atoms with E-state index in [0.29, 0.717) is 65.5 Å². The van der Waals surface area contributed by atoms with Crippen molar-refractivity contribution in [2.75, 3.05) is 72.7 Å². The number of aliphatic hydroxyl groups excluding tert-OH is 2. The summed E-state index contributed by atoms with van der Waals surface area (Å²) in [5, 5.41) is 28.2. The van der Waals surface area contributed by atoms with Crippen molar-refractivity contribution in [2.45, 2.75) is 96.9 Å². The molecule has 0 bridgehead atoms. The SMILES string of the molecule is C=CCOCC(O)COCCOC(C)(C)CCOC(C)(N)C(C)(C)COC(C)(C)CCOCC(O)COCCC#N. The zero-order valence-electron chi connectivity index (χ0n) is 26.6. The first-order valence-corrected chi connectivity index (χ1v) is 14.4. The fourth-order valence-corrected chi connectivity index (χ4v) is 3.22. The van der Waals surface area contributed by atoms with E-state index < -0.39 is 34.6 Å². The van der Waals surface area contributed by atoms with Crippen molar-refractivity contribution < 1.29 is 43.4 Å². The third-order valence-electron chi connectivity index (χ3n) is 6.68. The lowest BCUT2D eigenvalue weighted by atomic mass is 9.83. The van der Waals surface area contributed by atoms with Crippen LogP contribution in [-0.2, 0) is 33.2 Å². The third-order valence-corrected chi connectivity index (χ3v) is 6.68. The number of nitrogens with zero attached hydrogens (tertiary/aromatic N) is 1. The van der Waals surface area contributed by atoms with E-state index in [1.807, 2.05) is 54.5 Å². The molecule has 0 aromatic rings. The van der Waals surface area contributed by atoms with Crippen LogP contribution in [0.3, 0.4) is 0 Å². The molecule has 11 nitrogen and oxygen atoms in total. The lowest BCUT2D eigenvalue weighted by Gasteiger charge is -2.43. The van der Waals surface area contributed by atoms with E-state index >= 15 is 0 Å². The van der Waals surface area contributed by atoms with Crippen molar-refractivity contribution in [1.29, 1.82) is 5.26 Å². The van der Waals surface area contributed by atoms with Gasteiger partial charge in [0.1, 0.15) is 17.9 Å². The highest BCUT2D eigenvalue weighted by Crippen LogP contribution is 2.33. The first kappa shape index (κ1) is 39.8. The highest BCUT2D eigenvalue weighted by molar-refractivity contribution is 4.88. The Hall–Kier alpha value is -1.17. The number of ether oxygens (including phenoxy) is 7. The molecule has 0 fully saturated rings. The second-order valence-corrected chi connectivity index (χ2v) is 12.3. The molecule has 0 aromatic carbocycles. The highest BCUT2D eigenvalue weighted by Gasteiger charge is 2.40. The minimum Gasteiger partial charge on any atom is -0.388 e. The molecule has 0 heterocycles. The smallest absolute Gasteiger partial charge is 0.121 e. The molecule has 242 valence electrons. The molecule has 41 heavy (non-hydrogen) atoms. The van der Waals surface area contributed by atoms with Crippen molar-refractivity contribution in [2.24, 2.45) is 11.1 Å². The molecule has 3 atom stereocenters. The van der Waals surface area contributed by atoms with Gasteiger partial charge < -0.3 is 49.1 Å². The zero-order chi connectivity index (χ0) is 31.4. The van der Waals surface area contributed by atoms with E-state index in [1.165, 1.54) is 0 Å². The summed E-state index contributed by atoms with van der Waals surface area (Å²) in [7, 11) is 0. The first-order valence-electron chi connectivity index (χ1n) is 14.4. The fraction of sp³-hybridized carbons (Fsp3) is 0.900. The third kappa shape index (κ3) is 20.4. The Bertz CT molecular complexity index is 723. The van der Waals surface area contributed by atoms with Crippen LogP contribution in [0.4, 0.5) is 0 Å². The summed E-state index contributed by atoms with van der Waals surface area (Å²) in [5.74, 6) is 0. The van der Waals surface area contributed by atoms with Crippen molar-refractivity contribution >= 4 is 0 Å². The Morgan fingerprint density at radius 3 is 1.83 bits per heavy atom. The summed E-state index contributed by atoms with van der Waals surface area (Å²) in [4.78, 5) is 0. The van der Waals surface area contributed by atoms with Gasteiger partial charge in [-0.3, -0.25) is 0 Å². The van der Waals surface area contributed by atoms with Crippen LogP contribution >= 0.6 is 0 Å². The summed E-state index contributed by atoms with van der Waals surface area (Å²) >= 11 is 0. The van der Waals surface area contributed by atoms with Gasteiger partial charge in [-0.05, 0) is 47.5 Å². The molecule has 0 radical (unpaired) electrons. The predicted octanol–water partition coefficient (Wildman–Crippen LogP) is 2.96. The Morgan fingerprint density at radius 2 is 1.24 bits per heavy atom. The molecule has 4 N–H and O–H groups in total. The van der Waals surface area contributed by atoms with Crippen molar-refractivity contribution in [3.8, 4) is 6.07 Å². The van der Waals surface area contributed by atoms with Gasteiger partial charge in [0.2, 0.25) is 0 Å². The predicted molar refractivity (Wildman–Crippen MR) is 157 cm³/mol. The second kappa shape index (κ2) is 20.7. The maximum Gasteiger partial charge on any atom is 0.121 e. The average molecular weight is 591 g/mol. The van der Waals surface area contributed by atoms with E-state index in [0.717, 1.165) is 0 Å². The van der Waals surface area contributed by atoms with Crippen LogP contribution in [0.15, 0.2) is 12.7 Å². The maximum atomic E-state index is 9.89. The fourth-order valence-electron chi connectivity index (χ4n) is 3.22. The molecule has 0 rings (SSSR count). The number of hydrogen-bond acceptors (Lipinski definition) is 11. The van der Waals surface area contributed by atoms with Crippen LogP contribution in [-0.4, -0.2) is 112 Å². The summed E-state index contributed by atoms with van der Waals surface area (Å²) < 4.78 is 39.7. The lowest BCUT2D eigenvalue weighted by molar-refractivity contribution is -0.165. The number of nitrogens with two attached hydrogens (primary N) is 1. The Morgan fingerprint density at radius 1 is 0.732 bits per heavy atom. The normalized spacial score (nSPS) is 15.7. The van der Waals surface area contributed by atoms with Gasteiger partial charge in [0.05, 0.1) is 89.8 Å². The van der Waals surface area contributed by atoms with Gasteiger partial charge in [-0.1, -0.05) is 19.9 Å². The van der Waals surface area contributed by atoms with E-state index in [4.69, 9.17) is 44.2 Å². The van der Waals surface area contributed by atoms with Crippen LogP contribution in [0.5, 0.6) is 0 Å². The quantitative estimate of drug-likeness (QED) is 0.0735. The van der Waals surface area contributed by atoms with E-state index in [1.54, 1.807) is 6.08 Å². The summed E-state index contributed by atoms with van der Waals surface area (Å²) in [6, 6.07) is 1.99. The molecule has 0 aliphatic rings. The molecular formula is C30H58N2O9. The number of aliphatic hydroxyl groups is 2. The number of rotatable bonds is 27. The number of nitriles is 1. The molecule has 0 saturated carbocycles. The molecule has 0 saturated heterocycles. The minimum absolute atomic E-state index is 0.140. The number of hydrogen-bond donors (Lipinski definition) is 3. The van der Waals surface area contributed by atoms with E-state index in [9.17, 15) is 10.2 Å². The van der Waals surface area contributed by atoms with Gasteiger partial charge in [-0.15, -0.1) is 6.58 Å². The average Bonchev–Trinajstić information content (AvgIpc) is 2.87. The Kier molecular flexibility index (Phi) is 20.1. The van der Waals surface area contributed by atoms with Crippen LogP contribution in [0.25, 0.3) is 0 Å². The van der Waals surface area contributed by atoms with Crippen LogP contribution in [0.1, 0.15) is 67.7 Å². The minimum atomic E-state index is -0.946. The van der Waals surface area contributed by atoms with Crippen LogP contribution in [0.2, 0.25) is 0 Å². The van der Waals surface area contributed by atoms with Gasteiger partial charge in [0.25, 0.3) is 0 Å². The van der Waals surface area contributed by atoms with Gasteiger partial charge in [0, 0.05) is 12.0 Å². The van der Waals surface area contributed by atoms with Gasteiger partial charge in [-0.25, -0.2) is 0 Å². The van der Waals surface area contributed by atoms with Crippen molar-refractivity contribution in [1.82, 2.24) is 0 Å². The molecule has 0 amide bonds. The molecular weight excluding hydrogens is 532 g/mol. The molecule has 0 aliphatic carbocycles. The van der Waals surface area contributed by atoms with Crippen molar-refractivity contribution in [3.05, 3.63) is 12.7 Å². The summed E-state index contributed by atoms with van der Waals surface area (Å²) in [6.45, 7) is 20.7. The van der Waals surface area contributed by atoms with Crippen molar-refractivity contribution in [3.63, 3.8) is 0 Å². The van der Waals surface area contributed by atoms with E-state index in [2.05, 4.69) is 6.58 Å². The van der Waals surface area contributed by atoms with Gasteiger partial charge in [-0.2, -0.15) is 5.26 Å². The molecule has 11 heteroatoms. The second-order valence-electron chi connectivity index (χ2n) is 12.3. The summed E-state index contributed by atoms with van der Waals surface area (Å²) in [5.41, 5.74) is 4.25. The molecule has 0 aliphatic heterocycles.